The third-order valence-corrected chi connectivity index (χ3v) is 5.82. The fourth-order valence-electron chi connectivity index (χ4n) is 2.73. The summed E-state index contributed by atoms with van der Waals surface area (Å²) in [6, 6.07) is 4.10. The molecule has 1 aliphatic heterocycles. The Bertz CT molecular complexity index is 836. The third kappa shape index (κ3) is 2.79. The molecule has 1 atom stereocenters. The van der Waals surface area contributed by atoms with Crippen molar-refractivity contribution < 1.29 is 4.79 Å². The lowest BCUT2D eigenvalue weighted by atomic mass is 10.1. The molecule has 0 radical (unpaired) electrons. The number of nitrogens with one attached hydrogen (secondary N) is 1. The van der Waals surface area contributed by atoms with E-state index in [2.05, 4.69) is 25.1 Å². The second kappa shape index (κ2) is 5.86. The Labute approximate surface area is 141 Å². The van der Waals surface area contributed by atoms with E-state index < -0.39 is 0 Å². The zero-order valence-electron chi connectivity index (χ0n) is 12.5. The molecule has 0 saturated carbocycles. The average molecular weight is 345 g/mol. The molecule has 0 fully saturated rings. The molecule has 3 aromatic heterocycles. The first-order valence-corrected chi connectivity index (χ1v) is 9.15. The van der Waals surface area contributed by atoms with Crippen LogP contribution >= 0.6 is 22.7 Å². The quantitative estimate of drug-likeness (QED) is 0.792. The van der Waals surface area contributed by atoms with Crippen LogP contribution in [0.2, 0.25) is 0 Å². The molecule has 23 heavy (non-hydrogen) atoms. The number of nitrogens with zero attached hydrogens (tertiary/aromatic N) is 4. The number of carbonyl (C=O) groups excluding carboxylic acids is 1. The Morgan fingerprint density at radius 1 is 1.39 bits per heavy atom. The Morgan fingerprint density at radius 2 is 2.30 bits per heavy atom. The smallest absolute Gasteiger partial charge is 0.271 e. The van der Waals surface area contributed by atoms with Gasteiger partial charge in [0.05, 0.1) is 4.88 Å². The zero-order chi connectivity index (χ0) is 15.8. The molecule has 118 valence electrons. The second-order valence-electron chi connectivity index (χ2n) is 5.50. The van der Waals surface area contributed by atoms with Crippen LogP contribution in [0.15, 0.2) is 22.9 Å². The molecule has 4 rings (SSSR count). The lowest BCUT2D eigenvalue weighted by Gasteiger charge is -2.24. The molecule has 0 saturated heterocycles. The largest absolute Gasteiger partial charge is 0.346 e. The van der Waals surface area contributed by atoms with Crippen LogP contribution in [0.1, 0.15) is 28.6 Å². The maximum Gasteiger partial charge on any atom is 0.271 e. The maximum absolute atomic E-state index is 12.4. The number of thiophene rings is 1. The highest BCUT2D eigenvalue weighted by molar-refractivity contribution is 7.20. The summed E-state index contributed by atoms with van der Waals surface area (Å²) in [5.41, 5.74) is 0.490. The van der Waals surface area contributed by atoms with Gasteiger partial charge < -0.3 is 9.88 Å². The lowest BCUT2D eigenvalue weighted by molar-refractivity contribution is 0.0923. The van der Waals surface area contributed by atoms with Crippen molar-refractivity contribution in [1.29, 1.82) is 0 Å². The van der Waals surface area contributed by atoms with E-state index in [0.717, 1.165) is 40.9 Å². The summed E-state index contributed by atoms with van der Waals surface area (Å²) in [6.07, 6.45) is 1.72. The van der Waals surface area contributed by atoms with E-state index in [-0.39, 0.29) is 11.9 Å². The van der Waals surface area contributed by atoms with Crippen LogP contribution in [0.5, 0.6) is 0 Å². The van der Waals surface area contributed by atoms with Crippen LogP contribution in [0.25, 0.3) is 9.88 Å². The minimum atomic E-state index is -0.108. The molecule has 0 aromatic carbocycles. The zero-order valence-corrected chi connectivity index (χ0v) is 14.2. The fourth-order valence-corrected chi connectivity index (χ4v) is 4.35. The van der Waals surface area contributed by atoms with Gasteiger partial charge in [-0.15, -0.1) is 32.9 Å². The molecule has 0 unspecified atom stereocenters. The van der Waals surface area contributed by atoms with Gasteiger partial charge in [0, 0.05) is 24.4 Å². The van der Waals surface area contributed by atoms with E-state index in [0.29, 0.717) is 5.69 Å². The average Bonchev–Trinajstić information content (AvgIpc) is 3.27. The summed E-state index contributed by atoms with van der Waals surface area (Å²) in [4.78, 5) is 18.0. The van der Waals surface area contributed by atoms with Crippen molar-refractivity contribution >= 4 is 28.6 Å². The summed E-state index contributed by atoms with van der Waals surface area (Å²) in [5, 5.41) is 16.1. The number of amides is 1. The monoisotopic (exact) mass is 345 g/mol. The molecular formula is C15H15N5OS2. The van der Waals surface area contributed by atoms with Gasteiger partial charge in [0.1, 0.15) is 22.4 Å². The van der Waals surface area contributed by atoms with Crippen molar-refractivity contribution in [3.8, 4) is 9.88 Å². The van der Waals surface area contributed by atoms with Gasteiger partial charge in [0.15, 0.2) is 0 Å². The van der Waals surface area contributed by atoms with Crippen LogP contribution in [0, 0.1) is 6.92 Å². The molecule has 1 aliphatic rings. The van der Waals surface area contributed by atoms with E-state index in [1.807, 2.05) is 29.8 Å². The Kier molecular flexibility index (Phi) is 3.70. The minimum Gasteiger partial charge on any atom is -0.346 e. The van der Waals surface area contributed by atoms with Gasteiger partial charge in [-0.1, -0.05) is 6.07 Å². The molecular weight excluding hydrogens is 330 g/mol. The van der Waals surface area contributed by atoms with Crippen LogP contribution in [0.3, 0.4) is 0 Å². The Morgan fingerprint density at radius 3 is 3.13 bits per heavy atom. The van der Waals surface area contributed by atoms with Crippen molar-refractivity contribution in [3.63, 3.8) is 0 Å². The highest BCUT2D eigenvalue weighted by Crippen LogP contribution is 2.27. The first-order valence-electron chi connectivity index (χ1n) is 7.39. The number of hydrogen-bond donors (Lipinski definition) is 1. The molecule has 0 aliphatic carbocycles. The molecule has 4 heterocycles. The number of fused-ring (bicyclic) bond motifs is 1. The van der Waals surface area contributed by atoms with Crippen LogP contribution in [-0.4, -0.2) is 31.7 Å². The Balaban J connectivity index is 1.46. The fraction of sp³-hybridized carbons (Fsp3) is 0.333. The summed E-state index contributed by atoms with van der Waals surface area (Å²) in [5.74, 6) is 1.79. The van der Waals surface area contributed by atoms with Gasteiger partial charge in [0.25, 0.3) is 5.91 Å². The van der Waals surface area contributed by atoms with E-state index in [9.17, 15) is 4.79 Å². The van der Waals surface area contributed by atoms with Crippen LogP contribution < -0.4 is 5.32 Å². The highest BCUT2D eigenvalue weighted by atomic mass is 32.1. The van der Waals surface area contributed by atoms with Gasteiger partial charge >= 0.3 is 0 Å². The number of carbonyl (C=O) groups is 1. The molecule has 1 amide bonds. The summed E-state index contributed by atoms with van der Waals surface area (Å²) < 4.78 is 2.08. The molecule has 0 bridgehead atoms. The molecule has 8 heteroatoms. The standard InChI is InChI=1S/C15H15N5OS2/c1-9-18-19-13-5-4-10(7-20(9)13)16-14(21)11-8-23-15(17-11)12-3-2-6-22-12/h2-3,6,8,10H,4-5,7H2,1H3,(H,16,21)/t10-/m0/s1. The predicted octanol–water partition coefficient (Wildman–Crippen LogP) is 2.52. The summed E-state index contributed by atoms with van der Waals surface area (Å²) in [6.45, 7) is 2.66. The van der Waals surface area contributed by atoms with Crippen molar-refractivity contribution in [2.75, 3.05) is 0 Å². The first kappa shape index (κ1) is 14.5. The molecule has 0 spiro atoms. The summed E-state index contributed by atoms with van der Waals surface area (Å²) >= 11 is 3.13. The number of thiazole rings is 1. The van der Waals surface area contributed by atoms with Gasteiger partial charge in [-0.25, -0.2) is 4.98 Å². The Hall–Kier alpha value is -2.06. The number of aromatic nitrogens is 4. The van der Waals surface area contributed by atoms with Crippen molar-refractivity contribution in [3.05, 3.63) is 40.2 Å². The maximum atomic E-state index is 12.4. The first-order chi connectivity index (χ1) is 11.2. The van der Waals surface area contributed by atoms with Crippen LogP contribution in [0.4, 0.5) is 0 Å². The van der Waals surface area contributed by atoms with Crippen molar-refractivity contribution in [2.24, 2.45) is 0 Å². The van der Waals surface area contributed by atoms with Crippen LogP contribution in [-0.2, 0) is 13.0 Å². The normalized spacial score (nSPS) is 17.0. The van der Waals surface area contributed by atoms with Gasteiger partial charge in [0.2, 0.25) is 0 Å². The van der Waals surface area contributed by atoms with Crippen molar-refractivity contribution in [1.82, 2.24) is 25.1 Å². The SMILES string of the molecule is Cc1nnc2n1C[C@@H](NC(=O)c1csc(-c3cccs3)n1)CC2. The molecule has 1 N–H and O–H groups in total. The van der Waals surface area contributed by atoms with E-state index in [4.69, 9.17) is 0 Å². The highest BCUT2D eigenvalue weighted by Gasteiger charge is 2.24. The minimum absolute atomic E-state index is 0.0941. The number of aryl methyl sites for hydroxylation is 2. The van der Waals surface area contributed by atoms with E-state index in [1.54, 1.807) is 11.3 Å². The number of rotatable bonds is 3. The van der Waals surface area contributed by atoms with Crippen molar-refractivity contribution in [2.45, 2.75) is 32.4 Å². The third-order valence-electron chi connectivity index (χ3n) is 3.94. The predicted molar refractivity (Wildman–Crippen MR) is 89.8 cm³/mol. The van der Waals surface area contributed by atoms with Gasteiger partial charge in [-0.05, 0) is 24.8 Å². The molecule has 6 nitrogen and oxygen atoms in total. The topological polar surface area (TPSA) is 72.7 Å². The molecule has 3 aromatic rings. The van der Waals surface area contributed by atoms with Gasteiger partial charge in [-0.3, -0.25) is 4.79 Å². The van der Waals surface area contributed by atoms with E-state index >= 15 is 0 Å². The summed E-state index contributed by atoms with van der Waals surface area (Å²) in [7, 11) is 0. The lowest BCUT2D eigenvalue weighted by Crippen LogP contribution is -2.41. The van der Waals surface area contributed by atoms with E-state index in [1.165, 1.54) is 11.3 Å². The second-order valence-corrected chi connectivity index (χ2v) is 7.30. The number of hydrogen-bond acceptors (Lipinski definition) is 6. The van der Waals surface area contributed by atoms with Gasteiger partial charge in [-0.2, -0.15) is 0 Å².